The average Bonchev–Trinajstić information content (AvgIpc) is 3.19. The van der Waals surface area contributed by atoms with Gasteiger partial charge in [-0.3, -0.25) is 9.59 Å². The van der Waals surface area contributed by atoms with Gasteiger partial charge in [-0.05, 0) is 31.7 Å². The number of rotatable bonds is 5. The van der Waals surface area contributed by atoms with E-state index in [1.54, 1.807) is 23.1 Å². The molecule has 9 heteroatoms. The molecule has 2 aromatic heterocycles. The van der Waals surface area contributed by atoms with Crippen molar-refractivity contribution >= 4 is 51.6 Å². The largest absolute Gasteiger partial charge is 0.337 e. The molecule has 1 fully saturated rings. The Labute approximate surface area is 172 Å². The van der Waals surface area contributed by atoms with Gasteiger partial charge in [0.05, 0.1) is 11.1 Å². The van der Waals surface area contributed by atoms with E-state index in [1.165, 1.54) is 10.4 Å². The summed E-state index contributed by atoms with van der Waals surface area (Å²) in [5, 5.41) is 4.11. The molecule has 0 unspecified atom stereocenters. The number of hydrogen-bond donors (Lipinski definition) is 2. The van der Waals surface area contributed by atoms with Crippen LogP contribution in [0.3, 0.4) is 0 Å². The molecule has 3 heterocycles. The lowest BCUT2D eigenvalue weighted by atomic mass is 10.2. The van der Waals surface area contributed by atoms with Gasteiger partial charge in [0.1, 0.15) is 10.7 Å². The van der Waals surface area contributed by atoms with Gasteiger partial charge >= 0.3 is 0 Å². The van der Waals surface area contributed by atoms with E-state index in [4.69, 9.17) is 0 Å². The molecule has 1 amide bonds. The molecule has 27 heavy (non-hydrogen) atoms. The molecule has 2 aliphatic rings. The van der Waals surface area contributed by atoms with Gasteiger partial charge in [0, 0.05) is 42.7 Å². The van der Waals surface area contributed by atoms with Gasteiger partial charge in [-0.2, -0.15) is 11.8 Å². The second-order valence-corrected chi connectivity index (χ2v) is 9.18. The molecular formula is C18H25ClN4O2S2. The molecule has 4 rings (SSSR count). The number of hydrogen-bond acceptors (Lipinski definition) is 6. The lowest BCUT2D eigenvalue weighted by molar-refractivity contribution is -0.133. The van der Waals surface area contributed by atoms with Crippen molar-refractivity contribution in [3.63, 3.8) is 0 Å². The number of fused-ring (bicyclic) bond motifs is 3. The number of carbonyl (C=O) groups is 1. The van der Waals surface area contributed by atoms with E-state index in [0.717, 1.165) is 60.7 Å². The Morgan fingerprint density at radius 3 is 3.07 bits per heavy atom. The predicted molar refractivity (Wildman–Crippen MR) is 114 cm³/mol. The van der Waals surface area contributed by atoms with Crippen LogP contribution in [-0.2, 0) is 23.4 Å². The second-order valence-electron chi connectivity index (χ2n) is 6.99. The number of aryl methyl sites for hydroxylation is 2. The fraction of sp³-hybridized carbons (Fsp3) is 0.611. The summed E-state index contributed by atoms with van der Waals surface area (Å²) in [5.41, 5.74) is 1.21. The van der Waals surface area contributed by atoms with Crippen LogP contribution in [0.25, 0.3) is 10.2 Å². The Morgan fingerprint density at radius 1 is 1.41 bits per heavy atom. The van der Waals surface area contributed by atoms with Gasteiger partial charge in [0.2, 0.25) is 5.91 Å². The maximum atomic E-state index is 12.4. The number of thioether (sulfide) groups is 1. The van der Waals surface area contributed by atoms with Crippen molar-refractivity contribution < 1.29 is 4.79 Å². The summed E-state index contributed by atoms with van der Waals surface area (Å²) in [6, 6.07) is 0.266. The third-order valence-electron chi connectivity index (χ3n) is 5.14. The first-order valence-electron chi connectivity index (χ1n) is 9.25. The monoisotopic (exact) mass is 428 g/mol. The number of nitrogens with zero attached hydrogens (tertiary/aromatic N) is 2. The highest BCUT2D eigenvalue weighted by Gasteiger charge is 2.23. The fourth-order valence-corrected chi connectivity index (χ4v) is 5.87. The van der Waals surface area contributed by atoms with Crippen LogP contribution in [0.2, 0.25) is 0 Å². The van der Waals surface area contributed by atoms with E-state index >= 15 is 0 Å². The number of H-pyrrole nitrogens is 1. The zero-order valence-corrected chi connectivity index (χ0v) is 17.8. The Hall–Kier alpha value is -1.09. The van der Waals surface area contributed by atoms with Crippen molar-refractivity contribution in [2.75, 3.05) is 25.4 Å². The van der Waals surface area contributed by atoms with E-state index in [-0.39, 0.29) is 29.9 Å². The normalized spacial score (nSPS) is 19.1. The van der Waals surface area contributed by atoms with E-state index in [9.17, 15) is 9.59 Å². The third kappa shape index (κ3) is 4.34. The number of nitrogens with one attached hydrogen (secondary N) is 2. The van der Waals surface area contributed by atoms with E-state index in [0.29, 0.717) is 12.2 Å². The quantitative estimate of drug-likeness (QED) is 0.714. The van der Waals surface area contributed by atoms with Gasteiger partial charge in [0.25, 0.3) is 5.56 Å². The zero-order valence-electron chi connectivity index (χ0n) is 15.4. The molecule has 0 spiro atoms. The van der Waals surface area contributed by atoms with Crippen molar-refractivity contribution in [2.24, 2.45) is 0 Å². The summed E-state index contributed by atoms with van der Waals surface area (Å²) < 4.78 is 0. The number of aromatic nitrogens is 2. The molecule has 1 aliphatic heterocycles. The maximum absolute atomic E-state index is 12.4. The van der Waals surface area contributed by atoms with Crippen molar-refractivity contribution in [3.8, 4) is 0 Å². The number of halogens is 1. The summed E-state index contributed by atoms with van der Waals surface area (Å²) in [6.45, 7) is 4.62. The van der Waals surface area contributed by atoms with Crippen LogP contribution in [0, 0.1) is 0 Å². The molecule has 1 saturated heterocycles. The summed E-state index contributed by atoms with van der Waals surface area (Å²) >= 11 is 3.33. The van der Waals surface area contributed by atoms with Crippen LogP contribution in [0.5, 0.6) is 0 Å². The smallest absolute Gasteiger partial charge is 0.259 e. The third-order valence-corrected chi connectivity index (χ3v) is 7.30. The molecule has 2 aromatic rings. The lowest BCUT2D eigenvalue weighted by Crippen LogP contribution is -2.52. The Balaban J connectivity index is 0.00000210. The Morgan fingerprint density at radius 2 is 2.26 bits per heavy atom. The first-order chi connectivity index (χ1) is 12.6. The second kappa shape index (κ2) is 8.94. The van der Waals surface area contributed by atoms with Crippen molar-refractivity contribution in [1.29, 1.82) is 0 Å². The zero-order chi connectivity index (χ0) is 18.1. The van der Waals surface area contributed by atoms with Crippen LogP contribution >= 0.6 is 35.5 Å². The Kier molecular flexibility index (Phi) is 6.83. The molecule has 0 saturated carbocycles. The number of aromatic amines is 1. The highest BCUT2D eigenvalue weighted by atomic mass is 35.5. The first kappa shape index (κ1) is 20.6. The van der Waals surface area contributed by atoms with E-state index in [1.807, 2.05) is 4.90 Å². The number of amides is 1. The molecular weight excluding hydrogens is 404 g/mol. The minimum absolute atomic E-state index is 0. The van der Waals surface area contributed by atoms with Gasteiger partial charge in [0.15, 0.2) is 0 Å². The highest BCUT2D eigenvalue weighted by Crippen LogP contribution is 2.34. The summed E-state index contributed by atoms with van der Waals surface area (Å²) in [6.07, 6.45) is 3.76. The number of piperazine rings is 1. The number of thiophene rings is 1. The van der Waals surface area contributed by atoms with Crippen LogP contribution in [-0.4, -0.2) is 52.2 Å². The Bertz CT molecular complexity index is 882. The molecule has 0 radical (unpaired) electrons. The standard InChI is InChI=1S/C18H24N4O2S2.ClH/c1-11-9-19-6-7-22(11)15(23)5-8-25-10-14-20-17(24)16-12-3-2-4-13(12)26-18(16)21-14;/h11,19H,2-10H2,1H3,(H,20,21,24);1H/t11-;/m1./s1. The van der Waals surface area contributed by atoms with Gasteiger partial charge in [-0.1, -0.05) is 0 Å². The summed E-state index contributed by atoms with van der Waals surface area (Å²) in [7, 11) is 0. The maximum Gasteiger partial charge on any atom is 0.259 e. The highest BCUT2D eigenvalue weighted by molar-refractivity contribution is 7.98. The SMILES string of the molecule is C[C@@H]1CNCCN1C(=O)CCSCc1nc2sc3c(c2c(=O)[nH]1)CCC3.Cl. The molecule has 1 atom stereocenters. The molecule has 6 nitrogen and oxygen atoms in total. The predicted octanol–water partition coefficient (Wildman–Crippen LogP) is 2.34. The minimum Gasteiger partial charge on any atom is -0.337 e. The average molecular weight is 429 g/mol. The molecule has 2 N–H and O–H groups in total. The van der Waals surface area contributed by atoms with Crippen LogP contribution in [0.15, 0.2) is 4.79 Å². The van der Waals surface area contributed by atoms with Crippen LogP contribution in [0.1, 0.15) is 36.0 Å². The van der Waals surface area contributed by atoms with E-state index in [2.05, 4.69) is 22.2 Å². The van der Waals surface area contributed by atoms with Crippen LogP contribution in [0.4, 0.5) is 0 Å². The topological polar surface area (TPSA) is 78.1 Å². The minimum atomic E-state index is -0.00396. The van der Waals surface area contributed by atoms with Gasteiger partial charge in [-0.25, -0.2) is 4.98 Å². The molecule has 1 aliphatic carbocycles. The summed E-state index contributed by atoms with van der Waals surface area (Å²) in [4.78, 5) is 36.6. The first-order valence-corrected chi connectivity index (χ1v) is 11.2. The van der Waals surface area contributed by atoms with Crippen LogP contribution < -0.4 is 10.9 Å². The molecule has 0 aromatic carbocycles. The lowest BCUT2D eigenvalue weighted by Gasteiger charge is -2.34. The molecule has 0 bridgehead atoms. The van der Waals surface area contributed by atoms with Gasteiger partial charge in [-0.15, -0.1) is 23.7 Å². The van der Waals surface area contributed by atoms with Crippen molar-refractivity contribution in [2.45, 2.75) is 44.4 Å². The molecule has 148 valence electrons. The van der Waals surface area contributed by atoms with Crippen molar-refractivity contribution in [1.82, 2.24) is 20.2 Å². The summed E-state index contributed by atoms with van der Waals surface area (Å²) in [5.74, 6) is 2.32. The van der Waals surface area contributed by atoms with Gasteiger partial charge < -0.3 is 15.2 Å². The number of carbonyl (C=O) groups excluding carboxylic acids is 1. The van der Waals surface area contributed by atoms with Crippen molar-refractivity contribution in [3.05, 3.63) is 26.6 Å². The van der Waals surface area contributed by atoms with E-state index < -0.39 is 0 Å². The fourth-order valence-electron chi connectivity index (χ4n) is 3.80.